The van der Waals surface area contributed by atoms with Crippen molar-refractivity contribution in [2.75, 3.05) is 39.9 Å². The molecule has 0 aliphatic carbocycles. The van der Waals surface area contributed by atoms with Crippen molar-refractivity contribution in [1.29, 1.82) is 0 Å². The second-order valence-corrected chi connectivity index (χ2v) is 7.23. The molecule has 4 amide bonds. The van der Waals surface area contributed by atoms with Gasteiger partial charge < -0.3 is 25.6 Å². The van der Waals surface area contributed by atoms with E-state index in [0.29, 0.717) is 52.0 Å². The first-order valence-corrected chi connectivity index (χ1v) is 10.3. The molecule has 1 aliphatic heterocycles. The van der Waals surface area contributed by atoms with Crippen LogP contribution in [-0.2, 0) is 9.53 Å². The van der Waals surface area contributed by atoms with Crippen LogP contribution in [0.3, 0.4) is 0 Å². The number of hydrogen-bond donors (Lipinski definition) is 3. The van der Waals surface area contributed by atoms with E-state index in [4.69, 9.17) is 4.74 Å². The highest BCUT2D eigenvalue weighted by molar-refractivity contribution is 5.97. The van der Waals surface area contributed by atoms with Crippen molar-refractivity contribution in [2.45, 2.75) is 32.2 Å². The van der Waals surface area contributed by atoms with Crippen LogP contribution in [0, 0.1) is 11.7 Å². The van der Waals surface area contributed by atoms with Gasteiger partial charge in [0, 0.05) is 39.9 Å². The number of methoxy groups -OCH3 is 1. The number of benzene rings is 1. The first-order chi connectivity index (χ1) is 14.5. The predicted octanol–water partition coefficient (Wildman–Crippen LogP) is 1.52. The summed E-state index contributed by atoms with van der Waals surface area (Å²) in [5.74, 6) is -1.74. The Labute approximate surface area is 176 Å². The smallest absolute Gasteiger partial charge is 0.317 e. The molecular weight excluding hydrogens is 391 g/mol. The minimum absolute atomic E-state index is 0.102. The van der Waals surface area contributed by atoms with E-state index in [9.17, 15) is 18.8 Å². The van der Waals surface area contributed by atoms with E-state index in [1.807, 2.05) is 6.92 Å². The molecule has 0 spiro atoms. The molecule has 0 aromatic heterocycles. The van der Waals surface area contributed by atoms with Crippen LogP contribution in [0.4, 0.5) is 9.18 Å². The molecule has 0 radical (unpaired) electrons. The molecule has 3 N–H and O–H groups in total. The number of urea groups is 1. The monoisotopic (exact) mass is 422 g/mol. The van der Waals surface area contributed by atoms with Gasteiger partial charge in [0.05, 0.1) is 5.56 Å². The van der Waals surface area contributed by atoms with Crippen molar-refractivity contribution >= 4 is 17.8 Å². The van der Waals surface area contributed by atoms with Crippen LogP contribution in [0.15, 0.2) is 24.3 Å². The Bertz CT molecular complexity index is 723. The number of nitrogens with zero attached hydrogens (tertiary/aromatic N) is 1. The van der Waals surface area contributed by atoms with Gasteiger partial charge in [0.1, 0.15) is 11.9 Å². The second kappa shape index (κ2) is 12.1. The van der Waals surface area contributed by atoms with E-state index >= 15 is 0 Å². The van der Waals surface area contributed by atoms with Crippen LogP contribution in [-0.4, -0.2) is 68.7 Å². The van der Waals surface area contributed by atoms with Gasteiger partial charge in [0.2, 0.25) is 5.91 Å². The maximum Gasteiger partial charge on any atom is 0.317 e. The Balaban J connectivity index is 2.06. The molecule has 1 aliphatic rings. The van der Waals surface area contributed by atoms with Crippen LogP contribution in [0.2, 0.25) is 0 Å². The Hall–Kier alpha value is -2.68. The van der Waals surface area contributed by atoms with Gasteiger partial charge in [-0.15, -0.1) is 0 Å². The molecule has 8 nitrogen and oxygen atoms in total. The van der Waals surface area contributed by atoms with E-state index in [1.54, 1.807) is 18.1 Å². The highest BCUT2D eigenvalue weighted by atomic mass is 19.1. The fourth-order valence-corrected chi connectivity index (χ4v) is 3.50. The van der Waals surface area contributed by atoms with Crippen LogP contribution >= 0.6 is 0 Å². The van der Waals surface area contributed by atoms with Crippen molar-refractivity contribution in [3.05, 3.63) is 35.6 Å². The fourth-order valence-electron chi connectivity index (χ4n) is 3.50. The normalized spacial score (nSPS) is 15.4. The summed E-state index contributed by atoms with van der Waals surface area (Å²) in [7, 11) is 1.59. The number of likely N-dealkylation sites (tertiary alicyclic amines) is 1. The highest BCUT2D eigenvalue weighted by Gasteiger charge is 2.34. The number of ether oxygens (including phenoxy) is 1. The van der Waals surface area contributed by atoms with E-state index in [1.165, 1.54) is 18.2 Å². The Kier molecular flexibility index (Phi) is 9.53. The largest absolute Gasteiger partial charge is 0.385 e. The molecule has 1 atom stereocenters. The lowest BCUT2D eigenvalue weighted by molar-refractivity contribution is -0.124. The number of nitrogens with one attached hydrogen (secondary N) is 3. The van der Waals surface area contributed by atoms with Crippen LogP contribution in [0.1, 0.15) is 36.5 Å². The fraction of sp³-hybridized carbons (Fsp3) is 0.571. The third-order valence-electron chi connectivity index (χ3n) is 5.14. The van der Waals surface area contributed by atoms with Crippen molar-refractivity contribution in [1.82, 2.24) is 20.9 Å². The maximum atomic E-state index is 14.0. The van der Waals surface area contributed by atoms with Crippen molar-refractivity contribution in [2.24, 2.45) is 5.92 Å². The van der Waals surface area contributed by atoms with Crippen molar-refractivity contribution in [3.8, 4) is 0 Å². The highest BCUT2D eigenvalue weighted by Crippen LogP contribution is 2.22. The summed E-state index contributed by atoms with van der Waals surface area (Å²) in [6.07, 6.45) is 1.77. The summed E-state index contributed by atoms with van der Waals surface area (Å²) in [5, 5.41) is 8.30. The summed E-state index contributed by atoms with van der Waals surface area (Å²) >= 11 is 0. The molecule has 30 heavy (non-hydrogen) atoms. The zero-order chi connectivity index (χ0) is 21.9. The number of halogens is 1. The lowest BCUT2D eigenvalue weighted by Gasteiger charge is -2.35. The molecule has 9 heteroatoms. The first kappa shape index (κ1) is 23.6. The molecular formula is C21H31FN4O4. The van der Waals surface area contributed by atoms with E-state index in [-0.39, 0.29) is 23.4 Å². The molecule has 1 saturated heterocycles. The summed E-state index contributed by atoms with van der Waals surface area (Å²) in [4.78, 5) is 39.2. The van der Waals surface area contributed by atoms with E-state index < -0.39 is 17.8 Å². The van der Waals surface area contributed by atoms with Gasteiger partial charge in [-0.2, -0.15) is 0 Å². The van der Waals surface area contributed by atoms with Crippen LogP contribution in [0.25, 0.3) is 0 Å². The zero-order valence-electron chi connectivity index (χ0n) is 17.6. The minimum Gasteiger partial charge on any atom is -0.385 e. The average Bonchev–Trinajstić information content (AvgIpc) is 2.75. The second-order valence-electron chi connectivity index (χ2n) is 7.23. The number of hydrogen-bond acceptors (Lipinski definition) is 4. The third kappa shape index (κ3) is 6.69. The molecule has 0 saturated carbocycles. The van der Waals surface area contributed by atoms with Gasteiger partial charge in [0.15, 0.2) is 0 Å². The lowest BCUT2D eigenvalue weighted by atomic mass is 9.88. The number of carbonyl (C=O) groups is 3. The zero-order valence-corrected chi connectivity index (χ0v) is 17.6. The van der Waals surface area contributed by atoms with Crippen LogP contribution in [0.5, 0.6) is 0 Å². The minimum atomic E-state index is -0.809. The summed E-state index contributed by atoms with van der Waals surface area (Å²) < 4.78 is 19.0. The summed E-state index contributed by atoms with van der Waals surface area (Å²) in [6, 6.07) is 4.73. The SMILES string of the molecule is CCNC(=O)N1CCC([C@H](NC(=O)c2ccccc2F)C(=O)NCCCOC)CC1. The van der Waals surface area contributed by atoms with Gasteiger partial charge in [-0.25, -0.2) is 9.18 Å². The Morgan fingerprint density at radius 2 is 1.90 bits per heavy atom. The standard InChI is InChI=1S/C21H31FN4O4/c1-3-23-21(29)26-12-9-15(10-13-26)18(20(28)24-11-6-14-30-2)25-19(27)16-7-4-5-8-17(16)22/h4-5,7-8,15,18H,3,6,9-14H2,1-2H3,(H,23,29)(H,24,28)(H,25,27)/t18-/m0/s1. The van der Waals surface area contributed by atoms with Gasteiger partial charge in [0.25, 0.3) is 5.91 Å². The topological polar surface area (TPSA) is 99.8 Å². The third-order valence-corrected chi connectivity index (χ3v) is 5.14. The van der Waals surface area contributed by atoms with Gasteiger partial charge >= 0.3 is 6.03 Å². The number of carbonyl (C=O) groups excluding carboxylic acids is 3. The molecule has 166 valence electrons. The summed E-state index contributed by atoms with van der Waals surface area (Å²) in [5.41, 5.74) is -0.102. The lowest BCUT2D eigenvalue weighted by Crippen LogP contribution is -2.54. The number of rotatable bonds is 9. The number of amides is 4. The van der Waals surface area contributed by atoms with Crippen molar-refractivity contribution < 1.29 is 23.5 Å². The van der Waals surface area contributed by atoms with Crippen molar-refractivity contribution in [3.63, 3.8) is 0 Å². The molecule has 1 aromatic rings. The van der Waals surface area contributed by atoms with Gasteiger partial charge in [-0.05, 0) is 44.2 Å². The van der Waals surface area contributed by atoms with E-state index in [0.717, 1.165) is 0 Å². The first-order valence-electron chi connectivity index (χ1n) is 10.3. The molecule has 2 rings (SSSR count). The Morgan fingerprint density at radius 1 is 1.20 bits per heavy atom. The molecule has 1 fully saturated rings. The molecule has 0 bridgehead atoms. The quantitative estimate of drug-likeness (QED) is 0.526. The molecule has 1 heterocycles. The van der Waals surface area contributed by atoms with Crippen LogP contribution < -0.4 is 16.0 Å². The summed E-state index contributed by atoms with van der Waals surface area (Å²) in [6.45, 7) is 4.30. The predicted molar refractivity (Wildman–Crippen MR) is 111 cm³/mol. The number of piperidine rings is 1. The van der Waals surface area contributed by atoms with E-state index in [2.05, 4.69) is 16.0 Å². The average molecular weight is 423 g/mol. The maximum absolute atomic E-state index is 14.0. The molecule has 1 aromatic carbocycles. The van der Waals surface area contributed by atoms with Gasteiger partial charge in [-0.3, -0.25) is 9.59 Å². The Morgan fingerprint density at radius 3 is 2.53 bits per heavy atom. The van der Waals surface area contributed by atoms with Gasteiger partial charge in [-0.1, -0.05) is 12.1 Å². The molecule has 0 unspecified atom stereocenters.